The van der Waals surface area contributed by atoms with Crippen molar-refractivity contribution in [3.8, 4) is 0 Å². The summed E-state index contributed by atoms with van der Waals surface area (Å²) in [6.45, 7) is 2.03. The molecule has 0 bridgehead atoms. The van der Waals surface area contributed by atoms with Crippen molar-refractivity contribution in [2.45, 2.75) is 6.92 Å². The van der Waals surface area contributed by atoms with E-state index in [1.54, 1.807) is 0 Å². The minimum Gasteiger partial charge on any atom is -0.0616 e. The molecule has 2 aromatic rings. The minimum atomic E-state index is 1.14. The molecule has 0 unspecified atom stereocenters. The van der Waals surface area contributed by atoms with Crippen LogP contribution in [0.1, 0.15) is 5.56 Å². The van der Waals surface area contributed by atoms with Gasteiger partial charge in [-0.1, -0.05) is 30.3 Å². The van der Waals surface area contributed by atoms with E-state index in [9.17, 15) is 0 Å². The second-order valence-electron chi connectivity index (χ2n) is 2.64. The lowest BCUT2D eigenvalue weighted by atomic mass is 10.1. The normalized spacial score (nSPS) is 10.3. The first-order valence-electron chi connectivity index (χ1n) is 3.65. The molecule has 0 nitrogen and oxygen atoms in total. The molecule has 0 heterocycles. The highest BCUT2D eigenvalue weighted by atomic mass is 13.9. The standard InChI is InChI=1S/C11H8/c1-9-6-7-10-4-2-3-5-11(10)8-9/h2-6H,1H3. The molecule has 2 radical (unpaired) electrons. The highest BCUT2D eigenvalue weighted by Gasteiger charge is 1.90. The van der Waals surface area contributed by atoms with Gasteiger partial charge in [-0.05, 0) is 35.4 Å². The van der Waals surface area contributed by atoms with Crippen LogP contribution in [0, 0.1) is 19.1 Å². The second-order valence-corrected chi connectivity index (χ2v) is 2.64. The molecule has 0 amide bonds. The third-order valence-electron chi connectivity index (χ3n) is 1.70. The van der Waals surface area contributed by atoms with Crippen molar-refractivity contribution in [2.24, 2.45) is 0 Å². The van der Waals surface area contributed by atoms with E-state index in [0.717, 1.165) is 16.3 Å². The Morgan fingerprint density at radius 1 is 1.09 bits per heavy atom. The molecule has 0 aliphatic carbocycles. The molecule has 0 aliphatic rings. The van der Waals surface area contributed by atoms with Gasteiger partial charge >= 0.3 is 0 Å². The van der Waals surface area contributed by atoms with Crippen LogP contribution < -0.4 is 0 Å². The summed E-state index contributed by atoms with van der Waals surface area (Å²) in [7, 11) is 0. The van der Waals surface area contributed by atoms with Crippen molar-refractivity contribution in [1.29, 1.82) is 0 Å². The lowest BCUT2D eigenvalue weighted by molar-refractivity contribution is 1.49. The van der Waals surface area contributed by atoms with Crippen molar-refractivity contribution in [2.75, 3.05) is 0 Å². The molecule has 0 atom stereocenters. The van der Waals surface area contributed by atoms with Gasteiger partial charge in [-0.3, -0.25) is 0 Å². The van der Waals surface area contributed by atoms with Gasteiger partial charge in [0.2, 0.25) is 0 Å². The van der Waals surface area contributed by atoms with E-state index in [1.807, 2.05) is 31.2 Å². The van der Waals surface area contributed by atoms with Crippen molar-refractivity contribution >= 4 is 10.8 Å². The Bertz CT molecular complexity index is 374. The van der Waals surface area contributed by atoms with E-state index in [4.69, 9.17) is 0 Å². The molecule has 0 aromatic heterocycles. The van der Waals surface area contributed by atoms with Gasteiger partial charge < -0.3 is 0 Å². The average Bonchev–Trinajstić information content (AvgIpc) is 2.04. The summed E-state index contributed by atoms with van der Waals surface area (Å²) in [5.41, 5.74) is 1.14. The Morgan fingerprint density at radius 2 is 1.82 bits per heavy atom. The fraction of sp³-hybridized carbons (Fsp3) is 0.0909. The number of rotatable bonds is 0. The third-order valence-corrected chi connectivity index (χ3v) is 1.70. The molecular weight excluding hydrogens is 132 g/mol. The van der Waals surface area contributed by atoms with Crippen LogP contribution in [-0.2, 0) is 0 Å². The number of hydrogen-bond donors (Lipinski definition) is 0. The van der Waals surface area contributed by atoms with Crippen molar-refractivity contribution < 1.29 is 0 Å². The van der Waals surface area contributed by atoms with Crippen LogP contribution in [0.3, 0.4) is 0 Å². The van der Waals surface area contributed by atoms with Crippen molar-refractivity contribution in [3.05, 3.63) is 48.0 Å². The quantitative estimate of drug-likeness (QED) is 0.527. The van der Waals surface area contributed by atoms with Gasteiger partial charge in [0.15, 0.2) is 0 Å². The van der Waals surface area contributed by atoms with Crippen LogP contribution in [0.25, 0.3) is 10.8 Å². The summed E-state index contributed by atoms with van der Waals surface area (Å²) in [5.74, 6) is 0. The lowest BCUT2D eigenvalue weighted by Crippen LogP contribution is -1.74. The zero-order valence-corrected chi connectivity index (χ0v) is 6.39. The molecule has 2 aromatic carbocycles. The Kier molecular flexibility index (Phi) is 1.39. The third kappa shape index (κ3) is 1.12. The second kappa shape index (κ2) is 2.39. The average molecular weight is 140 g/mol. The first-order valence-corrected chi connectivity index (χ1v) is 3.65. The summed E-state index contributed by atoms with van der Waals surface area (Å²) >= 11 is 0. The van der Waals surface area contributed by atoms with Crippen molar-refractivity contribution in [1.82, 2.24) is 0 Å². The molecule has 0 aliphatic heterocycles. The van der Waals surface area contributed by atoms with Crippen LogP contribution in [0.4, 0.5) is 0 Å². The number of benzene rings is 2. The Hall–Kier alpha value is -1.30. The van der Waals surface area contributed by atoms with E-state index < -0.39 is 0 Å². The number of fused-ring (bicyclic) bond motifs is 1. The zero-order valence-electron chi connectivity index (χ0n) is 6.39. The van der Waals surface area contributed by atoms with Gasteiger partial charge in [-0.25, -0.2) is 0 Å². The van der Waals surface area contributed by atoms with Gasteiger partial charge in [0.05, 0.1) is 0 Å². The first-order chi connectivity index (χ1) is 5.36. The number of aryl methyl sites for hydroxylation is 1. The van der Waals surface area contributed by atoms with E-state index in [-0.39, 0.29) is 0 Å². The van der Waals surface area contributed by atoms with Crippen LogP contribution >= 0.6 is 0 Å². The van der Waals surface area contributed by atoms with Crippen LogP contribution in [-0.4, -0.2) is 0 Å². The summed E-state index contributed by atoms with van der Waals surface area (Å²) in [6, 6.07) is 16.5. The molecule has 0 spiro atoms. The van der Waals surface area contributed by atoms with E-state index in [2.05, 4.69) is 18.2 Å². The maximum absolute atomic E-state index is 3.26. The van der Waals surface area contributed by atoms with Gasteiger partial charge in [0, 0.05) is 0 Å². The summed E-state index contributed by atoms with van der Waals surface area (Å²) in [6.07, 6.45) is 0. The summed E-state index contributed by atoms with van der Waals surface area (Å²) in [4.78, 5) is 0. The molecule has 0 N–H and O–H groups in total. The highest BCUT2D eigenvalue weighted by Crippen LogP contribution is 2.12. The van der Waals surface area contributed by atoms with Gasteiger partial charge in [0.25, 0.3) is 0 Å². The van der Waals surface area contributed by atoms with Crippen LogP contribution in [0.15, 0.2) is 30.3 Å². The van der Waals surface area contributed by atoms with E-state index >= 15 is 0 Å². The topological polar surface area (TPSA) is 0 Å². The van der Waals surface area contributed by atoms with Gasteiger partial charge in [0.1, 0.15) is 0 Å². The Balaban J connectivity index is 2.83. The molecule has 0 fully saturated rings. The lowest BCUT2D eigenvalue weighted by Gasteiger charge is -1.95. The SMILES string of the molecule is Cc1[c]c2ccccc2[c]c1. The molecule has 0 saturated heterocycles. The molecular formula is C11H8. The summed E-state index contributed by atoms with van der Waals surface area (Å²) < 4.78 is 0. The fourth-order valence-electron chi connectivity index (χ4n) is 1.15. The molecule has 0 heteroatoms. The number of hydrogen-bond acceptors (Lipinski definition) is 0. The highest BCUT2D eigenvalue weighted by molar-refractivity contribution is 5.81. The smallest absolute Gasteiger partial charge is 0.00668 e. The van der Waals surface area contributed by atoms with E-state index in [0.29, 0.717) is 0 Å². The molecule has 2 rings (SSSR count). The maximum Gasteiger partial charge on any atom is -0.00668 e. The molecule has 11 heavy (non-hydrogen) atoms. The molecule has 52 valence electrons. The van der Waals surface area contributed by atoms with Gasteiger partial charge in [-0.15, -0.1) is 0 Å². The summed E-state index contributed by atoms with van der Waals surface area (Å²) in [5, 5.41) is 2.28. The Morgan fingerprint density at radius 3 is 2.64 bits per heavy atom. The maximum atomic E-state index is 3.26. The van der Waals surface area contributed by atoms with Crippen LogP contribution in [0.5, 0.6) is 0 Å². The van der Waals surface area contributed by atoms with E-state index in [1.165, 1.54) is 0 Å². The van der Waals surface area contributed by atoms with Crippen LogP contribution in [0.2, 0.25) is 0 Å². The predicted octanol–water partition coefficient (Wildman–Crippen LogP) is 2.75. The monoisotopic (exact) mass is 140 g/mol. The Labute approximate surface area is 66.5 Å². The van der Waals surface area contributed by atoms with Crippen molar-refractivity contribution in [3.63, 3.8) is 0 Å². The molecule has 0 saturated carbocycles. The fourth-order valence-corrected chi connectivity index (χ4v) is 1.15. The first kappa shape index (κ1) is 6.41. The zero-order chi connectivity index (χ0) is 7.68. The predicted molar refractivity (Wildman–Crippen MR) is 46.4 cm³/mol. The largest absolute Gasteiger partial charge is 0.0616 e. The van der Waals surface area contributed by atoms with Gasteiger partial charge in [-0.2, -0.15) is 0 Å². The minimum absolute atomic E-state index is 1.14.